The molecule has 2 rings (SSSR count). The van der Waals surface area contributed by atoms with Gasteiger partial charge in [0.1, 0.15) is 11.6 Å². The predicted molar refractivity (Wildman–Crippen MR) is 71.4 cm³/mol. The summed E-state index contributed by atoms with van der Waals surface area (Å²) in [7, 11) is 0. The second-order valence-corrected chi connectivity index (χ2v) is 4.16. The molecule has 0 radical (unpaired) electrons. The molecule has 1 N–H and O–H groups in total. The second-order valence-electron chi connectivity index (χ2n) is 3.73. The molecule has 0 aliphatic rings. The van der Waals surface area contributed by atoms with E-state index in [0.29, 0.717) is 5.02 Å². The Hall–Kier alpha value is -1.61. The smallest absolute Gasteiger partial charge is 0.130 e. The fraction of sp³-hybridized carbons (Fsp3) is 0.231. The van der Waals surface area contributed by atoms with Gasteiger partial charge < -0.3 is 5.32 Å². The van der Waals surface area contributed by atoms with Crippen LogP contribution in [0.5, 0.6) is 0 Å². The van der Waals surface area contributed by atoms with E-state index in [2.05, 4.69) is 15.3 Å². The van der Waals surface area contributed by atoms with Crippen LogP contribution in [0, 0.1) is 6.92 Å². The number of nitrogens with one attached hydrogen (secondary N) is 1. The molecule has 88 valence electrons. The Morgan fingerprint density at radius 1 is 1.24 bits per heavy atom. The summed E-state index contributed by atoms with van der Waals surface area (Å²) in [5, 5.41) is 3.90. The largest absolute Gasteiger partial charge is 0.370 e. The number of rotatable bonds is 3. The Morgan fingerprint density at radius 3 is 2.76 bits per heavy atom. The number of hydrogen-bond acceptors (Lipinski definition) is 3. The van der Waals surface area contributed by atoms with Crippen molar-refractivity contribution in [1.82, 2.24) is 9.97 Å². The van der Waals surface area contributed by atoms with Crippen molar-refractivity contribution in [2.24, 2.45) is 0 Å². The molecular formula is C13H14ClN3. The molecule has 0 saturated heterocycles. The van der Waals surface area contributed by atoms with Crippen LogP contribution in [0.1, 0.15) is 12.7 Å². The normalized spacial score (nSPS) is 10.3. The number of aryl methyl sites for hydroxylation is 1. The van der Waals surface area contributed by atoms with E-state index >= 15 is 0 Å². The fourth-order valence-corrected chi connectivity index (χ4v) is 1.83. The molecule has 0 amide bonds. The van der Waals surface area contributed by atoms with Crippen LogP contribution in [-0.4, -0.2) is 16.5 Å². The highest BCUT2D eigenvalue weighted by Crippen LogP contribution is 2.22. The average Bonchev–Trinajstić information content (AvgIpc) is 2.28. The predicted octanol–water partition coefficient (Wildman–Crippen LogP) is 3.54. The molecule has 0 aliphatic heterocycles. The summed E-state index contributed by atoms with van der Waals surface area (Å²) < 4.78 is 0. The van der Waals surface area contributed by atoms with Crippen LogP contribution >= 0.6 is 11.6 Å². The Bertz CT molecular complexity index is 526. The van der Waals surface area contributed by atoms with Crippen molar-refractivity contribution in [1.29, 1.82) is 0 Å². The van der Waals surface area contributed by atoms with Crippen LogP contribution in [0.2, 0.25) is 5.02 Å². The average molecular weight is 248 g/mol. The molecule has 3 nitrogen and oxygen atoms in total. The lowest BCUT2D eigenvalue weighted by molar-refractivity contribution is 1.04. The molecule has 0 spiro atoms. The molecule has 0 saturated carbocycles. The Morgan fingerprint density at radius 2 is 2.06 bits per heavy atom. The zero-order chi connectivity index (χ0) is 12.3. The van der Waals surface area contributed by atoms with E-state index in [1.807, 2.05) is 44.2 Å². The van der Waals surface area contributed by atoms with Gasteiger partial charge in [0.25, 0.3) is 0 Å². The minimum atomic E-state index is 0.712. The van der Waals surface area contributed by atoms with E-state index < -0.39 is 0 Å². The number of anilines is 1. The molecule has 4 heteroatoms. The van der Waals surface area contributed by atoms with Crippen LogP contribution in [0.15, 0.2) is 30.3 Å². The fourth-order valence-electron chi connectivity index (χ4n) is 1.64. The lowest BCUT2D eigenvalue weighted by atomic mass is 10.1. The van der Waals surface area contributed by atoms with Crippen LogP contribution in [0.3, 0.4) is 0 Å². The van der Waals surface area contributed by atoms with Gasteiger partial charge in [0.2, 0.25) is 0 Å². The maximum atomic E-state index is 5.98. The van der Waals surface area contributed by atoms with Crippen molar-refractivity contribution in [3.8, 4) is 11.3 Å². The van der Waals surface area contributed by atoms with E-state index in [4.69, 9.17) is 11.6 Å². The first-order chi connectivity index (χ1) is 8.19. The highest BCUT2D eigenvalue weighted by Gasteiger charge is 2.04. The first-order valence-electron chi connectivity index (χ1n) is 5.54. The van der Waals surface area contributed by atoms with Crippen LogP contribution in [0.4, 0.5) is 5.82 Å². The Kier molecular flexibility index (Phi) is 3.59. The lowest BCUT2D eigenvalue weighted by Gasteiger charge is -2.07. The molecule has 0 atom stereocenters. The molecule has 0 fully saturated rings. The number of halogens is 1. The molecule has 0 unspecified atom stereocenters. The third-order valence-corrected chi connectivity index (χ3v) is 2.55. The third-order valence-electron chi connectivity index (χ3n) is 2.32. The van der Waals surface area contributed by atoms with Crippen molar-refractivity contribution in [2.45, 2.75) is 13.8 Å². The van der Waals surface area contributed by atoms with Crippen molar-refractivity contribution < 1.29 is 0 Å². The van der Waals surface area contributed by atoms with E-state index in [0.717, 1.165) is 29.4 Å². The lowest BCUT2D eigenvalue weighted by Crippen LogP contribution is -2.02. The number of benzene rings is 1. The van der Waals surface area contributed by atoms with Gasteiger partial charge in [0, 0.05) is 23.2 Å². The highest BCUT2D eigenvalue weighted by molar-refractivity contribution is 6.30. The van der Waals surface area contributed by atoms with Crippen molar-refractivity contribution in [3.05, 3.63) is 41.2 Å². The quantitative estimate of drug-likeness (QED) is 0.902. The molecule has 1 aromatic heterocycles. The van der Waals surface area contributed by atoms with Gasteiger partial charge in [0.15, 0.2) is 0 Å². The molecule has 0 bridgehead atoms. The van der Waals surface area contributed by atoms with Gasteiger partial charge in [0.05, 0.1) is 5.69 Å². The van der Waals surface area contributed by atoms with Crippen molar-refractivity contribution in [2.75, 3.05) is 11.9 Å². The zero-order valence-corrected chi connectivity index (χ0v) is 10.6. The van der Waals surface area contributed by atoms with E-state index in [1.165, 1.54) is 0 Å². The summed E-state index contributed by atoms with van der Waals surface area (Å²) in [5.74, 6) is 1.59. The maximum absolute atomic E-state index is 5.98. The van der Waals surface area contributed by atoms with Crippen LogP contribution in [0.25, 0.3) is 11.3 Å². The van der Waals surface area contributed by atoms with Gasteiger partial charge in [-0.25, -0.2) is 9.97 Å². The first kappa shape index (κ1) is 11.9. The number of hydrogen-bond donors (Lipinski definition) is 1. The molecule has 2 aromatic rings. The summed E-state index contributed by atoms with van der Waals surface area (Å²) in [6.07, 6.45) is 0. The van der Waals surface area contributed by atoms with Gasteiger partial charge in [-0.2, -0.15) is 0 Å². The molecular weight excluding hydrogens is 234 g/mol. The molecule has 1 heterocycles. The van der Waals surface area contributed by atoms with Crippen LogP contribution < -0.4 is 5.32 Å². The summed E-state index contributed by atoms with van der Waals surface area (Å²) in [6, 6.07) is 9.59. The summed E-state index contributed by atoms with van der Waals surface area (Å²) >= 11 is 5.98. The maximum Gasteiger partial charge on any atom is 0.130 e. The van der Waals surface area contributed by atoms with Crippen molar-refractivity contribution >= 4 is 17.4 Å². The van der Waals surface area contributed by atoms with E-state index in [-0.39, 0.29) is 0 Å². The van der Waals surface area contributed by atoms with Crippen LogP contribution in [-0.2, 0) is 0 Å². The summed E-state index contributed by atoms with van der Waals surface area (Å²) in [6.45, 7) is 4.76. The zero-order valence-electron chi connectivity index (χ0n) is 9.87. The SMILES string of the molecule is CCNc1cc(-c2cccc(Cl)c2)nc(C)n1. The standard InChI is InChI=1S/C13H14ClN3/c1-3-15-13-8-12(16-9(2)17-13)10-5-4-6-11(14)7-10/h4-8H,3H2,1-2H3,(H,15,16,17). The second kappa shape index (κ2) is 5.15. The van der Waals surface area contributed by atoms with Gasteiger partial charge in [-0.3, -0.25) is 0 Å². The van der Waals surface area contributed by atoms with Gasteiger partial charge in [-0.05, 0) is 26.0 Å². The van der Waals surface area contributed by atoms with Gasteiger partial charge >= 0.3 is 0 Å². The minimum absolute atomic E-state index is 0.712. The third kappa shape index (κ3) is 2.94. The van der Waals surface area contributed by atoms with E-state index in [9.17, 15) is 0 Å². The number of nitrogens with zero attached hydrogens (tertiary/aromatic N) is 2. The minimum Gasteiger partial charge on any atom is -0.370 e. The summed E-state index contributed by atoms with van der Waals surface area (Å²) in [4.78, 5) is 8.73. The monoisotopic (exact) mass is 247 g/mol. The van der Waals surface area contributed by atoms with Gasteiger partial charge in [-0.1, -0.05) is 23.7 Å². The number of aromatic nitrogens is 2. The molecule has 1 aromatic carbocycles. The highest BCUT2D eigenvalue weighted by atomic mass is 35.5. The molecule has 0 aliphatic carbocycles. The Balaban J connectivity index is 2.44. The van der Waals surface area contributed by atoms with Gasteiger partial charge in [-0.15, -0.1) is 0 Å². The molecule has 17 heavy (non-hydrogen) atoms. The first-order valence-corrected chi connectivity index (χ1v) is 5.92. The summed E-state index contributed by atoms with van der Waals surface area (Å²) in [5.41, 5.74) is 1.89. The topological polar surface area (TPSA) is 37.8 Å². The van der Waals surface area contributed by atoms with E-state index in [1.54, 1.807) is 0 Å². The Labute approximate surface area is 106 Å². The van der Waals surface area contributed by atoms with Crippen molar-refractivity contribution in [3.63, 3.8) is 0 Å².